The lowest BCUT2D eigenvalue weighted by Gasteiger charge is -2.08. The van der Waals surface area contributed by atoms with Gasteiger partial charge in [-0.15, -0.1) is 0 Å². The number of hydrogen-bond acceptors (Lipinski definition) is 3. The largest absolute Gasteiger partial charge is 0.382 e. The van der Waals surface area contributed by atoms with Crippen LogP contribution in [0.15, 0.2) is 36.4 Å². The summed E-state index contributed by atoms with van der Waals surface area (Å²) in [6.07, 6.45) is 1.04. The van der Waals surface area contributed by atoms with Crippen molar-refractivity contribution >= 4 is 20.9 Å². The molecule has 0 amide bonds. The molecular weight excluding hydrogens is 224 g/mol. The van der Waals surface area contributed by atoms with E-state index >= 15 is 0 Å². The SMILES string of the molecule is Cc1cc2ccccc2cc1OS(C)(=O)=O. The molecule has 0 aliphatic rings. The summed E-state index contributed by atoms with van der Waals surface area (Å²) in [4.78, 5) is 0. The van der Waals surface area contributed by atoms with E-state index in [1.165, 1.54) is 0 Å². The first kappa shape index (κ1) is 11.0. The van der Waals surface area contributed by atoms with E-state index in [-0.39, 0.29) is 0 Å². The minimum Gasteiger partial charge on any atom is -0.382 e. The summed E-state index contributed by atoms with van der Waals surface area (Å²) in [5, 5.41) is 2.03. The van der Waals surface area contributed by atoms with Gasteiger partial charge in [0.1, 0.15) is 5.75 Å². The zero-order chi connectivity index (χ0) is 11.8. The van der Waals surface area contributed by atoms with Crippen molar-refractivity contribution in [3.8, 4) is 5.75 Å². The summed E-state index contributed by atoms with van der Waals surface area (Å²) in [6.45, 7) is 1.83. The lowest BCUT2D eigenvalue weighted by molar-refractivity contribution is 0.491. The van der Waals surface area contributed by atoms with Gasteiger partial charge < -0.3 is 4.18 Å². The van der Waals surface area contributed by atoms with E-state index in [4.69, 9.17) is 4.18 Å². The highest BCUT2D eigenvalue weighted by molar-refractivity contribution is 7.86. The van der Waals surface area contributed by atoms with E-state index in [0.29, 0.717) is 5.75 Å². The van der Waals surface area contributed by atoms with Crippen LogP contribution in [0, 0.1) is 6.92 Å². The molecular formula is C12H12O3S. The minimum absolute atomic E-state index is 0.390. The Kier molecular flexibility index (Phi) is 2.59. The molecule has 2 rings (SSSR count). The van der Waals surface area contributed by atoms with Crippen LogP contribution in [0.25, 0.3) is 10.8 Å². The maximum atomic E-state index is 11.1. The third-order valence-corrected chi connectivity index (χ3v) is 2.77. The van der Waals surface area contributed by atoms with E-state index in [2.05, 4.69) is 0 Å². The van der Waals surface area contributed by atoms with Gasteiger partial charge in [0.2, 0.25) is 0 Å². The van der Waals surface area contributed by atoms with Crippen LogP contribution in [0.1, 0.15) is 5.56 Å². The van der Waals surface area contributed by atoms with Gasteiger partial charge in [0.25, 0.3) is 0 Å². The molecule has 0 N–H and O–H groups in total. The van der Waals surface area contributed by atoms with Gasteiger partial charge >= 0.3 is 10.1 Å². The van der Waals surface area contributed by atoms with Crippen molar-refractivity contribution in [1.82, 2.24) is 0 Å². The van der Waals surface area contributed by atoms with Crippen LogP contribution >= 0.6 is 0 Å². The van der Waals surface area contributed by atoms with Gasteiger partial charge in [-0.1, -0.05) is 24.3 Å². The van der Waals surface area contributed by atoms with Crippen molar-refractivity contribution in [2.24, 2.45) is 0 Å². The molecule has 0 radical (unpaired) electrons. The Balaban J connectivity index is 2.58. The second-order valence-electron chi connectivity index (χ2n) is 3.75. The Morgan fingerprint density at radius 1 is 1.06 bits per heavy atom. The average molecular weight is 236 g/mol. The zero-order valence-electron chi connectivity index (χ0n) is 9.10. The number of fused-ring (bicyclic) bond motifs is 1. The van der Waals surface area contributed by atoms with Crippen molar-refractivity contribution in [2.45, 2.75) is 6.92 Å². The zero-order valence-corrected chi connectivity index (χ0v) is 9.91. The van der Waals surface area contributed by atoms with Gasteiger partial charge in [-0.25, -0.2) is 0 Å². The van der Waals surface area contributed by atoms with Crippen LogP contribution in [0.3, 0.4) is 0 Å². The first-order valence-corrected chi connectivity index (χ1v) is 6.66. The Morgan fingerprint density at radius 2 is 1.62 bits per heavy atom. The molecule has 0 atom stereocenters. The molecule has 0 saturated heterocycles. The molecule has 0 bridgehead atoms. The number of aryl methyl sites for hydroxylation is 1. The molecule has 2 aromatic rings. The minimum atomic E-state index is -3.47. The van der Waals surface area contributed by atoms with Crippen molar-refractivity contribution < 1.29 is 12.6 Å². The van der Waals surface area contributed by atoms with Gasteiger partial charge in [0, 0.05) is 0 Å². The van der Waals surface area contributed by atoms with Crippen LogP contribution in [-0.4, -0.2) is 14.7 Å². The predicted octanol–water partition coefficient (Wildman–Crippen LogP) is 2.49. The average Bonchev–Trinajstić information content (AvgIpc) is 2.17. The van der Waals surface area contributed by atoms with Gasteiger partial charge in [-0.2, -0.15) is 8.42 Å². The van der Waals surface area contributed by atoms with Crippen molar-refractivity contribution in [2.75, 3.05) is 6.26 Å². The highest BCUT2D eigenvalue weighted by Gasteiger charge is 2.08. The quantitative estimate of drug-likeness (QED) is 0.752. The lowest BCUT2D eigenvalue weighted by atomic mass is 10.1. The highest BCUT2D eigenvalue weighted by Crippen LogP contribution is 2.26. The first-order chi connectivity index (χ1) is 7.46. The van der Waals surface area contributed by atoms with Gasteiger partial charge in [-0.3, -0.25) is 0 Å². The van der Waals surface area contributed by atoms with E-state index < -0.39 is 10.1 Å². The normalized spacial score (nSPS) is 11.6. The highest BCUT2D eigenvalue weighted by atomic mass is 32.2. The third-order valence-electron chi connectivity index (χ3n) is 2.28. The fourth-order valence-corrected chi connectivity index (χ4v) is 2.09. The maximum Gasteiger partial charge on any atom is 0.306 e. The second kappa shape index (κ2) is 3.79. The molecule has 2 aromatic carbocycles. The molecule has 0 aliphatic heterocycles. The molecule has 0 fully saturated rings. The number of benzene rings is 2. The van der Waals surface area contributed by atoms with Gasteiger partial charge in [0.05, 0.1) is 6.26 Å². The summed E-state index contributed by atoms with van der Waals surface area (Å²) in [5.41, 5.74) is 0.809. The van der Waals surface area contributed by atoms with E-state index in [1.54, 1.807) is 6.07 Å². The monoisotopic (exact) mass is 236 g/mol. The molecule has 0 unspecified atom stereocenters. The van der Waals surface area contributed by atoms with Crippen LogP contribution in [0.4, 0.5) is 0 Å². The molecule has 0 aromatic heterocycles. The summed E-state index contributed by atoms with van der Waals surface area (Å²) in [5.74, 6) is 0.390. The van der Waals surface area contributed by atoms with Crippen LogP contribution in [-0.2, 0) is 10.1 Å². The maximum absolute atomic E-state index is 11.1. The predicted molar refractivity (Wildman–Crippen MR) is 64.2 cm³/mol. The number of rotatable bonds is 2. The molecule has 0 heterocycles. The summed E-state index contributed by atoms with van der Waals surface area (Å²) in [7, 11) is -3.47. The fraction of sp³-hybridized carbons (Fsp3) is 0.167. The van der Waals surface area contributed by atoms with Crippen LogP contribution < -0.4 is 4.18 Å². The van der Waals surface area contributed by atoms with Crippen molar-refractivity contribution in [3.05, 3.63) is 42.0 Å². The van der Waals surface area contributed by atoms with Crippen LogP contribution in [0.5, 0.6) is 5.75 Å². The standard InChI is InChI=1S/C12H12O3S/c1-9-7-10-5-3-4-6-11(10)8-12(9)15-16(2,13)14/h3-8H,1-2H3. The molecule has 3 nitrogen and oxygen atoms in total. The Bertz CT molecular complexity index is 630. The van der Waals surface area contributed by atoms with Crippen LogP contribution in [0.2, 0.25) is 0 Å². The van der Waals surface area contributed by atoms with E-state index in [9.17, 15) is 8.42 Å². The Labute approximate surface area is 94.8 Å². The van der Waals surface area contributed by atoms with Gasteiger partial charge in [0.15, 0.2) is 0 Å². The second-order valence-corrected chi connectivity index (χ2v) is 5.33. The van der Waals surface area contributed by atoms with E-state index in [1.807, 2.05) is 37.3 Å². The molecule has 4 heteroatoms. The molecule has 0 aliphatic carbocycles. The number of hydrogen-bond donors (Lipinski definition) is 0. The smallest absolute Gasteiger partial charge is 0.306 e. The summed E-state index contributed by atoms with van der Waals surface area (Å²) < 4.78 is 27.0. The molecule has 0 saturated carbocycles. The van der Waals surface area contributed by atoms with Gasteiger partial charge in [-0.05, 0) is 35.4 Å². The van der Waals surface area contributed by atoms with Crippen molar-refractivity contribution in [1.29, 1.82) is 0 Å². The molecule has 0 spiro atoms. The lowest BCUT2D eigenvalue weighted by Crippen LogP contribution is -2.06. The Hall–Kier alpha value is -1.55. The fourth-order valence-electron chi connectivity index (χ4n) is 1.59. The Morgan fingerprint density at radius 3 is 2.19 bits per heavy atom. The summed E-state index contributed by atoms with van der Waals surface area (Å²) in [6, 6.07) is 11.4. The molecule has 84 valence electrons. The molecule has 16 heavy (non-hydrogen) atoms. The third kappa shape index (κ3) is 2.33. The van der Waals surface area contributed by atoms with E-state index in [0.717, 1.165) is 22.6 Å². The van der Waals surface area contributed by atoms with Crippen molar-refractivity contribution in [3.63, 3.8) is 0 Å². The first-order valence-electron chi connectivity index (χ1n) is 4.84. The summed E-state index contributed by atoms with van der Waals surface area (Å²) >= 11 is 0. The topological polar surface area (TPSA) is 43.4 Å².